The van der Waals surface area contributed by atoms with Crippen molar-refractivity contribution in [1.82, 2.24) is 4.31 Å². The number of halogens is 1. The first-order valence-corrected chi connectivity index (χ1v) is 11.8. The van der Waals surface area contributed by atoms with Crippen molar-refractivity contribution in [3.63, 3.8) is 0 Å². The third-order valence-electron chi connectivity index (χ3n) is 5.09. The lowest BCUT2D eigenvalue weighted by Gasteiger charge is -2.26. The highest BCUT2D eigenvalue weighted by atomic mass is 32.2. The normalized spacial score (nSPS) is 14.4. The minimum Gasteiger partial charge on any atom is -0.423 e. The standard InChI is InChI=1S/C24H21FN2O6S/c25-21-10-9-18(15-22(21)34(30,31)27-11-13-32-14-12-27)24(29)33-20-8-4-7-19(16-20)26-23(28)17-5-2-1-3-6-17/h1-10,15-16H,11-14H2,(H,26,28). The number of benzene rings is 3. The van der Waals surface area contributed by atoms with E-state index < -0.39 is 26.7 Å². The van der Waals surface area contributed by atoms with Crippen molar-refractivity contribution in [1.29, 1.82) is 0 Å². The van der Waals surface area contributed by atoms with Crippen LogP contribution in [0, 0.1) is 5.82 Å². The van der Waals surface area contributed by atoms with Crippen LogP contribution in [0.2, 0.25) is 0 Å². The van der Waals surface area contributed by atoms with Crippen molar-refractivity contribution in [3.8, 4) is 5.75 Å². The molecule has 3 aromatic rings. The molecule has 1 heterocycles. The summed E-state index contributed by atoms with van der Waals surface area (Å²) in [6.45, 7) is 0.606. The van der Waals surface area contributed by atoms with Gasteiger partial charge in [-0.1, -0.05) is 24.3 Å². The summed E-state index contributed by atoms with van der Waals surface area (Å²) in [5, 5.41) is 2.71. The Labute approximate surface area is 196 Å². The molecule has 1 N–H and O–H groups in total. The third-order valence-corrected chi connectivity index (χ3v) is 7.01. The van der Waals surface area contributed by atoms with E-state index in [2.05, 4.69) is 5.32 Å². The summed E-state index contributed by atoms with van der Waals surface area (Å²) in [6.07, 6.45) is 0. The minimum atomic E-state index is -4.15. The summed E-state index contributed by atoms with van der Waals surface area (Å²) >= 11 is 0. The van der Waals surface area contributed by atoms with Crippen LogP contribution in [0.25, 0.3) is 0 Å². The molecule has 34 heavy (non-hydrogen) atoms. The van der Waals surface area contributed by atoms with Crippen LogP contribution < -0.4 is 10.1 Å². The molecule has 0 aromatic heterocycles. The van der Waals surface area contributed by atoms with Gasteiger partial charge in [-0.2, -0.15) is 4.31 Å². The van der Waals surface area contributed by atoms with Gasteiger partial charge in [0.1, 0.15) is 16.5 Å². The molecule has 10 heteroatoms. The number of nitrogens with one attached hydrogen (secondary N) is 1. The molecule has 8 nitrogen and oxygen atoms in total. The van der Waals surface area contributed by atoms with E-state index in [1.807, 2.05) is 0 Å². The Morgan fingerprint density at radius 1 is 0.912 bits per heavy atom. The highest BCUT2D eigenvalue weighted by molar-refractivity contribution is 7.89. The van der Waals surface area contributed by atoms with Crippen LogP contribution in [0.15, 0.2) is 77.7 Å². The smallest absolute Gasteiger partial charge is 0.343 e. The fourth-order valence-electron chi connectivity index (χ4n) is 3.35. The second-order valence-electron chi connectivity index (χ2n) is 7.40. The van der Waals surface area contributed by atoms with Crippen LogP contribution in [-0.2, 0) is 14.8 Å². The number of amides is 1. The predicted molar refractivity (Wildman–Crippen MR) is 122 cm³/mol. The van der Waals surface area contributed by atoms with Gasteiger partial charge in [-0.15, -0.1) is 0 Å². The summed E-state index contributed by atoms with van der Waals surface area (Å²) in [7, 11) is -4.15. The maximum Gasteiger partial charge on any atom is 0.343 e. The van der Waals surface area contributed by atoms with Crippen LogP contribution in [0.4, 0.5) is 10.1 Å². The van der Waals surface area contributed by atoms with Crippen molar-refractivity contribution >= 4 is 27.6 Å². The van der Waals surface area contributed by atoms with E-state index in [9.17, 15) is 22.4 Å². The highest BCUT2D eigenvalue weighted by Gasteiger charge is 2.30. The van der Waals surface area contributed by atoms with E-state index in [0.717, 1.165) is 22.5 Å². The molecule has 0 bridgehead atoms. The first-order valence-electron chi connectivity index (χ1n) is 10.4. The number of hydrogen-bond acceptors (Lipinski definition) is 6. The molecule has 0 radical (unpaired) electrons. The topological polar surface area (TPSA) is 102 Å². The average Bonchev–Trinajstić information content (AvgIpc) is 2.85. The monoisotopic (exact) mass is 484 g/mol. The van der Waals surface area contributed by atoms with Crippen molar-refractivity contribution in [3.05, 3.63) is 89.7 Å². The van der Waals surface area contributed by atoms with Crippen LogP contribution in [0.1, 0.15) is 20.7 Å². The summed E-state index contributed by atoms with van der Waals surface area (Å²) in [5.41, 5.74) is 0.728. The zero-order valence-corrected chi connectivity index (χ0v) is 18.8. The number of sulfonamides is 1. The minimum absolute atomic E-state index is 0.0952. The van der Waals surface area contributed by atoms with Crippen LogP contribution in [0.5, 0.6) is 5.75 Å². The molecule has 1 aliphatic heterocycles. The molecule has 1 saturated heterocycles. The van der Waals surface area contributed by atoms with Gasteiger partial charge in [0.05, 0.1) is 18.8 Å². The Morgan fingerprint density at radius 2 is 1.65 bits per heavy atom. The fraction of sp³-hybridized carbons (Fsp3) is 0.167. The molecule has 3 aromatic carbocycles. The molecule has 0 saturated carbocycles. The Bertz CT molecular complexity index is 1310. The lowest BCUT2D eigenvalue weighted by atomic mass is 10.2. The average molecular weight is 485 g/mol. The van der Waals surface area contributed by atoms with Crippen molar-refractivity contribution in [2.24, 2.45) is 0 Å². The molecule has 0 atom stereocenters. The largest absolute Gasteiger partial charge is 0.423 e. The van der Waals surface area contributed by atoms with Gasteiger partial charge < -0.3 is 14.8 Å². The SMILES string of the molecule is O=C(Nc1cccc(OC(=O)c2ccc(F)c(S(=O)(=O)N3CCOCC3)c2)c1)c1ccccc1. The zero-order chi connectivity index (χ0) is 24.1. The van der Waals surface area contributed by atoms with E-state index in [0.29, 0.717) is 11.3 Å². The Balaban J connectivity index is 1.50. The van der Waals surface area contributed by atoms with E-state index in [1.165, 1.54) is 12.1 Å². The van der Waals surface area contributed by atoms with E-state index in [1.54, 1.807) is 42.5 Å². The van der Waals surface area contributed by atoms with Gasteiger partial charge in [-0.3, -0.25) is 4.79 Å². The van der Waals surface area contributed by atoms with Gasteiger partial charge in [0.2, 0.25) is 10.0 Å². The maximum absolute atomic E-state index is 14.4. The van der Waals surface area contributed by atoms with E-state index >= 15 is 0 Å². The molecule has 4 rings (SSSR count). The van der Waals surface area contributed by atoms with Crippen LogP contribution in [-0.4, -0.2) is 50.9 Å². The summed E-state index contributed by atoms with van der Waals surface area (Å²) in [6, 6.07) is 17.8. The molecule has 1 aliphatic rings. The first-order chi connectivity index (χ1) is 16.3. The summed E-state index contributed by atoms with van der Waals surface area (Å²) < 4.78 is 51.7. The number of anilines is 1. The molecular weight excluding hydrogens is 463 g/mol. The van der Waals surface area contributed by atoms with Gasteiger partial charge >= 0.3 is 5.97 Å². The van der Waals surface area contributed by atoms with Crippen LogP contribution >= 0.6 is 0 Å². The molecule has 176 valence electrons. The Hall–Kier alpha value is -3.60. The summed E-state index contributed by atoms with van der Waals surface area (Å²) in [5.74, 6) is -2.04. The number of rotatable bonds is 6. The van der Waals surface area contributed by atoms with Crippen molar-refractivity contribution < 1.29 is 31.9 Å². The number of nitrogens with zero attached hydrogens (tertiary/aromatic N) is 1. The van der Waals surface area contributed by atoms with Gasteiger partial charge in [0, 0.05) is 30.4 Å². The quantitative estimate of drug-likeness (QED) is 0.426. The van der Waals surface area contributed by atoms with Gasteiger partial charge in [0.25, 0.3) is 5.91 Å². The number of carbonyl (C=O) groups is 2. The molecule has 1 fully saturated rings. The Morgan fingerprint density at radius 3 is 2.38 bits per heavy atom. The molecule has 0 unspecified atom stereocenters. The number of carbonyl (C=O) groups excluding carboxylic acids is 2. The molecular formula is C24H21FN2O6S. The Kier molecular flexibility index (Phi) is 7.01. The second kappa shape index (κ2) is 10.1. The number of morpholine rings is 1. The van der Waals surface area contributed by atoms with Crippen LogP contribution in [0.3, 0.4) is 0 Å². The molecule has 0 spiro atoms. The second-order valence-corrected chi connectivity index (χ2v) is 9.31. The molecule has 0 aliphatic carbocycles. The van der Waals surface area contributed by atoms with Gasteiger partial charge in [-0.05, 0) is 42.5 Å². The van der Waals surface area contributed by atoms with Gasteiger partial charge in [-0.25, -0.2) is 17.6 Å². The van der Waals surface area contributed by atoms with Crippen molar-refractivity contribution in [2.75, 3.05) is 31.6 Å². The van der Waals surface area contributed by atoms with Crippen molar-refractivity contribution in [2.45, 2.75) is 4.90 Å². The number of ether oxygens (including phenoxy) is 2. The number of hydrogen-bond donors (Lipinski definition) is 1. The van der Waals surface area contributed by atoms with E-state index in [-0.39, 0.29) is 43.5 Å². The fourth-order valence-corrected chi connectivity index (χ4v) is 4.85. The summed E-state index contributed by atoms with van der Waals surface area (Å²) in [4.78, 5) is 24.4. The third kappa shape index (κ3) is 5.30. The first kappa shape index (κ1) is 23.6. The lowest BCUT2D eigenvalue weighted by Crippen LogP contribution is -2.41. The predicted octanol–water partition coefficient (Wildman–Crippen LogP) is 3.32. The van der Waals surface area contributed by atoms with E-state index in [4.69, 9.17) is 9.47 Å². The number of esters is 1. The zero-order valence-electron chi connectivity index (χ0n) is 17.9. The molecule has 1 amide bonds. The maximum atomic E-state index is 14.4. The highest BCUT2D eigenvalue weighted by Crippen LogP contribution is 2.24. The van der Waals surface area contributed by atoms with Gasteiger partial charge in [0.15, 0.2) is 0 Å². The lowest BCUT2D eigenvalue weighted by molar-refractivity contribution is 0.0726.